The average molecular weight is 280 g/mol. The van der Waals surface area contributed by atoms with Crippen molar-refractivity contribution in [1.29, 1.82) is 0 Å². The SMILES string of the molecule is CC(C)[C@](C=O)(COCCl)NC(=O)OC(C)(C)C. The Balaban J connectivity index is 4.78. The van der Waals surface area contributed by atoms with Gasteiger partial charge >= 0.3 is 6.09 Å². The second kappa shape index (κ2) is 6.95. The molecule has 0 aliphatic carbocycles. The van der Waals surface area contributed by atoms with Crippen LogP contribution in [0.1, 0.15) is 34.6 Å². The van der Waals surface area contributed by atoms with Gasteiger partial charge in [-0.05, 0) is 26.7 Å². The Bertz CT molecular complexity index is 288. The fourth-order valence-corrected chi connectivity index (χ4v) is 1.32. The average Bonchev–Trinajstić information content (AvgIpc) is 2.21. The zero-order valence-electron chi connectivity index (χ0n) is 11.6. The number of aldehydes is 1. The lowest BCUT2D eigenvalue weighted by Crippen LogP contribution is -2.57. The maximum Gasteiger partial charge on any atom is 0.408 e. The molecule has 0 saturated heterocycles. The van der Waals surface area contributed by atoms with Gasteiger partial charge in [0.1, 0.15) is 23.5 Å². The highest BCUT2D eigenvalue weighted by atomic mass is 35.5. The molecule has 0 aliphatic rings. The Morgan fingerprint density at radius 2 is 1.94 bits per heavy atom. The lowest BCUT2D eigenvalue weighted by Gasteiger charge is -2.33. The minimum atomic E-state index is -1.13. The summed E-state index contributed by atoms with van der Waals surface area (Å²) < 4.78 is 10.2. The van der Waals surface area contributed by atoms with Crippen molar-refractivity contribution >= 4 is 24.0 Å². The number of alkyl carbamates (subject to hydrolysis) is 1. The number of amides is 1. The van der Waals surface area contributed by atoms with E-state index in [2.05, 4.69) is 5.32 Å². The van der Waals surface area contributed by atoms with E-state index in [4.69, 9.17) is 21.1 Å². The van der Waals surface area contributed by atoms with Crippen LogP contribution in [0.3, 0.4) is 0 Å². The largest absolute Gasteiger partial charge is 0.444 e. The van der Waals surface area contributed by atoms with Gasteiger partial charge in [-0.2, -0.15) is 0 Å². The predicted molar refractivity (Wildman–Crippen MR) is 69.7 cm³/mol. The van der Waals surface area contributed by atoms with Crippen LogP contribution in [0.15, 0.2) is 0 Å². The zero-order valence-corrected chi connectivity index (χ0v) is 12.3. The van der Waals surface area contributed by atoms with Crippen LogP contribution in [0.2, 0.25) is 0 Å². The van der Waals surface area contributed by atoms with E-state index in [1.807, 2.05) is 13.8 Å². The minimum Gasteiger partial charge on any atom is -0.444 e. The van der Waals surface area contributed by atoms with E-state index in [1.54, 1.807) is 20.8 Å². The van der Waals surface area contributed by atoms with E-state index < -0.39 is 17.2 Å². The molecule has 0 bridgehead atoms. The van der Waals surface area contributed by atoms with Crippen LogP contribution in [0, 0.1) is 5.92 Å². The van der Waals surface area contributed by atoms with Crippen molar-refractivity contribution in [3.63, 3.8) is 0 Å². The van der Waals surface area contributed by atoms with E-state index in [-0.39, 0.29) is 18.6 Å². The van der Waals surface area contributed by atoms with Gasteiger partial charge < -0.3 is 19.6 Å². The Morgan fingerprint density at radius 3 is 2.28 bits per heavy atom. The molecule has 1 N–H and O–H groups in total. The van der Waals surface area contributed by atoms with Gasteiger partial charge in [0.15, 0.2) is 0 Å². The van der Waals surface area contributed by atoms with Crippen LogP contribution in [0.25, 0.3) is 0 Å². The highest BCUT2D eigenvalue weighted by Gasteiger charge is 2.37. The van der Waals surface area contributed by atoms with Crippen molar-refractivity contribution < 1.29 is 19.1 Å². The van der Waals surface area contributed by atoms with E-state index in [0.29, 0.717) is 6.29 Å². The minimum absolute atomic E-state index is 0.0108. The molecule has 0 heterocycles. The standard InChI is InChI=1S/C12H22ClNO4/c1-9(2)12(6-15,7-17-8-13)14-10(16)18-11(3,4)5/h6,9H,7-8H2,1-5H3,(H,14,16)/t12-/m0/s1. The molecule has 5 nitrogen and oxygen atoms in total. The van der Waals surface area contributed by atoms with Crippen LogP contribution < -0.4 is 5.32 Å². The molecule has 6 heteroatoms. The molecule has 0 saturated carbocycles. The van der Waals surface area contributed by atoms with Crippen LogP contribution in [0.4, 0.5) is 4.79 Å². The van der Waals surface area contributed by atoms with Crippen molar-refractivity contribution in [3.05, 3.63) is 0 Å². The quantitative estimate of drug-likeness (QED) is 0.599. The van der Waals surface area contributed by atoms with Gasteiger partial charge in [-0.1, -0.05) is 25.4 Å². The molecule has 0 spiro atoms. The molecular weight excluding hydrogens is 258 g/mol. The Hall–Kier alpha value is -0.810. The fraction of sp³-hybridized carbons (Fsp3) is 0.833. The van der Waals surface area contributed by atoms with Crippen LogP contribution in [0.5, 0.6) is 0 Å². The lowest BCUT2D eigenvalue weighted by atomic mass is 9.89. The van der Waals surface area contributed by atoms with E-state index in [1.165, 1.54) is 0 Å². The molecule has 1 amide bonds. The predicted octanol–water partition coefficient (Wildman–Crippen LogP) is 2.32. The van der Waals surface area contributed by atoms with E-state index in [0.717, 1.165) is 0 Å². The van der Waals surface area contributed by atoms with Crippen molar-refractivity contribution in [2.75, 3.05) is 12.7 Å². The summed E-state index contributed by atoms with van der Waals surface area (Å²) in [5, 5.41) is 2.56. The van der Waals surface area contributed by atoms with Crippen LogP contribution >= 0.6 is 11.6 Å². The number of hydrogen-bond donors (Lipinski definition) is 1. The smallest absolute Gasteiger partial charge is 0.408 e. The van der Waals surface area contributed by atoms with Crippen molar-refractivity contribution in [1.82, 2.24) is 5.32 Å². The highest BCUT2D eigenvalue weighted by molar-refractivity contribution is 6.17. The van der Waals surface area contributed by atoms with Crippen LogP contribution in [-0.2, 0) is 14.3 Å². The molecule has 0 aromatic rings. The monoisotopic (exact) mass is 279 g/mol. The number of halogens is 1. The second-order valence-electron chi connectivity index (χ2n) is 5.40. The number of ether oxygens (including phenoxy) is 2. The molecule has 18 heavy (non-hydrogen) atoms. The summed E-state index contributed by atoms with van der Waals surface area (Å²) in [5.41, 5.74) is -1.75. The molecule has 0 fully saturated rings. The molecule has 1 atom stereocenters. The Kier molecular flexibility index (Phi) is 6.63. The normalized spacial score (nSPS) is 15.1. The zero-order chi connectivity index (χ0) is 14.4. The number of nitrogens with one attached hydrogen (secondary N) is 1. The topological polar surface area (TPSA) is 64.6 Å². The van der Waals surface area contributed by atoms with Crippen molar-refractivity contribution in [2.45, 2.75) is 45.8 Å². The highest BCUT2D eigenvalue weighted by Crippen LogP contribution is 2.17. The summed E-state index contributed by atoms with van der Waals surface area (Å²) >= 11 is 5.43. The Morgan fingerprint density at radius 1 is 1.39 bits per heavy atom. The van der Waals surface area contributed by atoms with Gasteiger partial charge in [0.2, 0.25) is 0 Å². The number of hydrogen-bond acceptors (Lipinski definition) is 4. The third kappa shape index (κ3) is 5.69. The summed E-state index contributed by atoms with van der Waals surface area (Å²) in [5.74, 6) is -0.147. The summed E-state index contributed by atoms with van der Waals surface area (Å²) in [6.45, 7) is 8.88. The van der Waals surface area contributed by atoms with Gasteiger partial charge in [-0.3, -0.25) is 0 Å². The maximum atomic E-state index is 11.7. The summed E-state index contributed by atoms with van der Waals surface area (Å²) in [6, 6.07) is -0.0433. The molecule has 0 rings (SSSR count). The summed E-state index contributed by atoms with van der Waals surface area (Å²) in [4.78, 5) is 23.0. The molecule has 0 unspecified atom stereocenters. The second-order valence-corrected chi connectivity index (χ2v) is 5.62. The van der Waals surface area contributed by atoms with Crippen LogP contribution in [-0.4, -0.2) is 36.2 Å². The van der Waals surface area contributed by atoms with E-state index >= 15 is 0 Å². The first-order chi connectivity index (χ1) is 8.17. The maximum absolute atomic E-state index is 11.7. The number of alkyl halides is 1. The molecule has 0 radical (unpaired) electrons. The summed E-state index contributed by atoms with van der Waals surface area (Å²) in [7, 11) is 0. The first kappa shape index (κ1) is 17.2. The first-order valence-electron chi connectivity index (χ1n) is 5.78. The molecule has 0 aromatic carbocycles. The first-order valence-corrected chi connectivity index (χ1v) is 6.31. The lowest BCUT2D eigenvalue weighted by molar-refractivity contribution is -0.117. The van der Waals surface area contributed by atoms with Gasteiger partial charge in [-0.15, -0.1) is 0 Å². The van der Waals surface area contributed by atoms with E-state index in [9.17, 15) is 9.59 Å². The number of rotatable bonds is 6. The fourth-order valence-electron chi connectivity index (χ4n) is 1.25. The van der Waals surface area contributed by atoms with Crippen molar-refractivity contribution in [2.24, 2.45) is 5.92 Å². The third-order valence-corrected chi connectivity index (χ3v) is 2.55. The van der Waals surface area contributed by atoms with Gasteiger partial charge in [0, 0.05) is 0 Å². The van der Waals surface area contributed by atoms with Crippen molar-refractivity contribution in [3.8, 4) is 0 Å². The summed E-state index contributed by atoms with van der Waals surface area (Å²) in [6.07, 6.45) is 0.00943. The number of carbonyl (C=O) groups excluding carboxylic acids is 2. The van der Waals surface area contributed by atoms with Gasteiger partial charge in [0.25, 0.3) is 0 Å². The molecule has 0 aliphatic heterocycles. The third-order valence-electron chi connectivity index (χ3n) is 2.39. The van der Waals surface area contributed by atoms with Gasteiger partial charge in [0.05, 0.1) is 6.61 Å². The Labute approximate surface area is 113 Å². The van der Waals surface area contributed by atoms with Gasteiger partial charge in [-0.25, -0.2) is 4.79 Å². The molecule has 106 valence electrons. The number of carbonyl (C=O) groups is 2. The molecule has 0 aromatic heterocycles. The molecular formula is C12H22ClNO4.